The molecule has 2 atom stereocenters. The Labute approximate surface area is 317 Å². The van der Waals surface area contributed by atoms with E-state index in [9.17, 15) is 9.00 Å². The molecule has 0 spiro atoms. The number of carbonyl (C=O) groups excluding carboxylic acids is 1. The number of nitrogens with one attached hydrogen (secondary N) is 1. The summed E-state index contributed by atoms with van der Waals surface area (Å²) in [5.41, 5.74) is 7.57. The molecule has 9 nitrogen and oxygen atoms in total. The van der Waals surface area contributed by atoms with Gasteiger partial charge in [0.25, 0.3) is 5.91 Å². The number of imidazole rings is 1. The summed E-state index contributed by atoms with van der Waals surface area (Å²) >= 11 is 0. The number of amides is 1. The quantitative estimate of drug-likeness (QED) is 0.115. The minimum absolute atomic E-state index is 0.123. The van der Waals surface area contributed by atoms with Gasteiger partial charge in [-0.15, -0.1) is 0 Å². The van der Waals surface area contributed by atoms with Gasteiger partial charge in [0.2, 0.25) is 0 Å². The maximum atomic E-state index is 13.8. The number of hydrogen-bond donors (Lipinski definition) is 1. The maximum absolute atomic E-state index is 13.8. The molecule has 0 bridgehead atoms. The largest absolute Gasteiger partial charge is 0.491 e. The van der Waals surface area contributed by atoms with Crippen molar-refractivity contribution in [3.05, 3.63) is 95.6 Å². The fraction of sp³-hybridized carbons (Fsp3) is 0.442. The highest BCUT2D eigenvalue weighted by Gasteiger charge is 2.23. The summed E-state index contributed by atoms with van der Waals surface area (Å²) in [6.45, 7) is 11.3. The van der Waals surface area contributed by atoms with E-state index in [1.54, 1.807) is 6.33 Å². The fourth-order valence-corrected chi connectivity index (χ4v) is 8.16. The van der Waals surface area contributed by atoms with Crippen LogP contribution in [0.4, 0.5) is 11.4 Å². The van der Waals surface area contributed by atoms with E-state index in [1.807, 2.05) is 47.9 Å². The van der Waals surface area contributed by atoms with Crippen LogP contribution in [0.3, 0.4) is 0 Å². The molecule has 282 valence electrons. The molecule has 2 aliphatic heterocycles. The zero-order valence-corrected chi connectivity index (χ0v) is 32.3. The molecular weight excluding hydrogens is 685 g/mol. The Balaban J connectivity index is 1.18. The first kappa shape index (κ1) is 38.5. The number of aromatic nitrogens is 2. The van der Waals surface area contributed by atoms with E-state index in [1.165, 1.54) is 6.42 Å². The zero-order chi connectivity index (χ0) is 37.0. The highest BCUT2D eigenvalue weighted by molar-refractivity contribution is 7.84. The first-order valence-corrected chi connectivity index (χ1v) is 20.6. The van der Waals surface area contributed by atoms with Gasteiger partial charge in [-0.1, -0.05) is 31.5 Å². The average molecular weight is 739 g/mol. The van der Waals surface area contributed by atoms with Gasteiger partial charge in [-0.2, -0.15) is 0 Å². The van der Waals surface area contributed by atoms with Gasteiger partial charge in [-0.25, -0.2) is 4.98 Å². The molecule has 1 N–H and O–H groups in total. The third-order valence-corrected chi connectivity index (χ3v) is 11.4. The number of carbonyl (C=O) groups is 1. The summed E-state index contributed by atoms with van der Waals surface area (Å²) in [4.78, 5) is 21.4. The van der Waals surface area contributed by atoms with Crippen molar-refractivity contribution in [2.45, 2.75) is 89.0 Å². The van der Waals surface area contributed by atoms with Crippen LogP contribution in [0.2, 0.25) is 0 Å². The van der Waals surface area contributed by atoms with E-state index < -0.39 is 10.8 Å². The van der Waals surface area contributed by atoms with Crippen molar-refractivity contribution in [1.82, 2.24) is 9.55 Å². The number of nitrogens with zero attached hydrogens (tertiary/aromatic N) is 3. The van der Waals surface area contributed by atoms with Gasteiger partial charge in [-0.05, 0) is 124 Å². The standard InChI is InChI=1S/C43H54N4O5S/c1-4-6-23-50-25-26-52-38-17-12-33(13-18-38)34-14-21-41-36(27-34)28-35(10-9-22-47(41)29-39-11-7-8-24-51-39)43(48)45-37-15-19-40(20-16-37)53(49)30-42-32(3)44-31-46(42)5-2/h12-21,27-28,31,39H,4-11,22-26,29-30H2,1-3H3,(H,45,48)/t39-,53?/m1/s1. The second-order valence-corrected chi connectivity index (χ2v) is 15.3. The van der Waals surface area contributed by atoms with Crippen molar-refractivity contribution >= 4 is 34.2 Å². The van der Waals surface area contributed by atoms with E-state index in [-0.39, 0.29) is 12.0 Å². The number of rotatable bonds is 16. The fourth-order valence-electron chi connectivity index (χ4n) is 6.93. The van der Waals surface area contributed by atoms with Crippen LogP contribution in [0.5, 0.6) is 5.75 Å². The Bertz CT molecular complexity index is 1850. The smallest absolute Gasteiger partial charge is 0.251 e. The molecule has 53 heavy (non-hydrogen) atoms. The molecule has 1 saturated heterocycles. The molecule has 0 saturated carbocycles. The minimum Gasteiger partial charge on any atom is -0.491 e. The Hall–Kier alpha value is -4.25. The van der Waals surface area contributed by atoms with Crippen molar-refractivity contribution in [1.29, 1.82) is 0 Å². The Morgan fingerprint density at radius 2 is 1.79 bits per heavy atom. The SMILES string of the molecule is CCCCOCCOc1ccc(-c2ccc3c(c2)C=C(C(=O)Nc2ccc(S(=O)Cc4c(C)ncn4CC)cc2)CCCN3C[C@H]2CCCCO2)cc1. The summed E-state index contributed by atoms with van der Waals surface area (Å²) in [5, 5.41) is 3.11. The van der Waals surface area contributed by atoms with Crippen molar-refractivity contribution in [3.63, 3.8) is 0 Å². The first-order valence-electron chi connectivity index (χ1n) is 19.2. The lowest BCUT2D eigenvalue weighted by molar-refractivity contribution is -0.112. The van der Waals surface area contributed by atoms with Crippen molar-refractivity contribution in [2.24, 2.45) is 0 Å². The Kier molecular flexibility index (Phi) is 13.9. The van der Waals surface area contributed by atoms with Gasteiger partial charge in [0.15, 0.2) is 0 Å². The second kappa shape index (κ2) is 19.2. The van der Waals surface area contributed by atoms with E-state index in [4.69, 9.17) is 14.2 Å². The number of anilines is 2. The number of hydrogen-bond acceptors (Lipinski definition) is 7. The Morgan fingerprint density at radius 3 is 2.55 bits per heavy atom. The van der Waals surface area contributed by atoms with Crippen LogP contribution < -0.4 is 15.0 Å². The molecule has 3 heterocycles. The molecule has 2 aliphatic rings. The number of ether oxygens (including phenoxy) is 3. The summed E-state index contributed by atoms with van der Waals surface area (Å²) in [7, 11) is -1.23. The Morgan fingerprint density at radius 1 is 0.981 bits per heavy atom. The summed E-state index contributed by atoms with van der Waals surface area (Å²) in [5.74, 6) is 1.09. The van der Waals surface area contributed by atoms with Gasteiger partial charge in [0.05, 0.1) is 47.0 Å². The molecule has 0 radical (unpaired) electrons. The molecule has 1 unspecified atom stereocenters. The molecule has 4 aromatic rings. The van der Waals surface area contributed by atoms with Gasteiger partial charge in [0.1, 0.15) is 12.4 Å². The van der Waals surface area contributed by atoms with Crippen LogP contribution in [0, 0.1) is 6.92 Å². The van der Waals surface area contributed by atoms with Crippen LogP contribution in [0.15, 0.2) is 83.5 Å². The van der Waals surface area contributed by atoms with Crippen LogP contribution in [-0.4, -0.2) is 65.3 Å². The summed E-state index contributed by atoms with van der Waals surface area (Å²) in [6.07, 6.45) is 11.1. The lowest BCUT2D eigenvalue weighted by Crippen LogP contribution is -2.37. The van der Waals surface area contributed by atoms with Crippen LogP contribution in [-0.2, 0) is 37.4 Å². The van der Waals surface area contributed by atoms with E-state index in [0.717, 1.165) is 115 Å². The molecule has 6 rings (SSSR count). The van der Waals surface area contributed by atoms with Crippen LogP contribution in [0.25, 0.3) is 17.2 Å². The van der Waals surface area contributed by atoms with Crippen LogP contribution in [0.1, 0.15) is 75.7 Å². The molecular formula is C43H54N4O5S. The van der Waals surface area contributed by atoms with Crippen molar-refractivity contribution in [2.75, 3.05) is 49.7 Å². The predicted molar refractivity (Wildman–Crippen MR) is 214 cm³/mol. The monoisotopic (exact) mass is 738 g/mol. The topological polar surface area (TPSA) is 94.9 Å². The third kappa shape index (κ3) is 10.5. The second-order valence-electron chi connectivity index (χ2n) is 13.9. The van der Waals surface area contributed by atoms with E-state index in [0.29, 0.717) is 31.1 Å². The number of benzene rings is 3. The number of fused-ring (bicyclic) bond motifs is 1. The number of unbranched alkanes of at least 4 members (excludes halogenated alkanes) is 1. The average Bonchev–Trinajstić information content (AvgIpc) is 3.53. The third-order valence-electron chi connectivity index (χ3n) is 10.0. The molecule has 1 amide bonds. The van der Waals surface area contributed by atoms with Crippen molar-refractivity contribution < 1.29 is 23.2 Å². The van der Waals surface area contributed by atoms with Gasteiger partial charge in [0, 0.05) is 54.7 Å². The molecule has 0 aliphatic carbocycles. The highest BCUT2D eigenvalue weighted by Crippen LogP contribution is 2.34. The van der Waals surface area contributed by atoms with Gasteiger partial charge < -0.3 is 29.0 Å². The molecule has 1 aromatic heterocycles. The maximum Gasteiger partial charge on any atom is 0.251 e. The van der Waals surface area contributed by atoms with Gasteiger partial charge in [-0.3, -0.25) is 9.00 Å². The summed E-state index contributed by atoms with van der Waals surface area (Å²) < 4.78 is 33.0. The lowest BCUT2D eigenvalue weighted by atomic mass is 9.96. The molecule has 1 fully saturated rings. The molecule has 10 heteroatoms. The number of aryl methyl sites for hydroxylation is 2. The highest BCUT2D eigenvalue weighted by atomic mass is 32.2. The van der Waals surface area contributed by atoms with Crippen LogP contribution >= 0.6 is 0 Å². The zero-order valence-electron chi connectivity index (χ0n) is 31.5. The van der Waals surface area contributed by atoms with E-state index >= 15 is 0 Å². The lowest BCUT2D eigenvalue weighted by Gasteiger charge is -2.33. The van der Waals surface area contributed by atoms with Gasteiger partial charge >= 0.3 is 0 Å². The summed E-state index contributed by atoms with van der Waals surface area (Å²) in [6, 6.07) is 22.1. The van der Waals surface area contributed by atoms with Crippen molar-refractivity contribution in [3.8, 4) is 16.9 Å². The molecule has 3 aromatic carbocycles. The predicted octanol–water partition coefficient (Wildman–Crippen LogP) is 8.57. The normalized spacial score (nSPS) is 16.6. The minimum atomic E-state index is -1.23. The first-order chi connectivity index (χ1) is 25.9. The van der Waals surface area contributed by atoms with E-state index in [2.05, 4.69) is 65.5 Å².